The summed E-state index contributed by atoms with van der Waals surface area (Å²) >= 11 is 0. The van der Waals surface area contributed by atoms with Gasteiger partial charge in [-0.25, -0.2) is 4.79 Å². The van der Waals surface area contributed by atoms with E-state index in [4.69, 9.17) is 25.2 Å². The number of hydrogen-bond donors (Lipinski definition) is 1. The number of nitrogens with zero attached hydrogens (tertiary/aromatic N) is 6. The number of fused-ring (bicyclic) bond motifs is 2. The van der Waals surface area contributed by atoms with E-state index in [1.165, 1.54) is 16.5 Å². The lowest BCUT2D eigenvalue weighted by molar-refractivity contribution is -0.00661. The Balaban J connectivity index is 1.17. The Morgan fingerprint density at radius 1 is 0.978 bits per heavy atom. The first-order valence-electron chi connectivity index (χ1n) is 16.2. The number of carbonyl (C=O) groups is 1. The molecule has 1 saturated carbocycles. The first-order chi connectivity index (χ1) is 22.6. The third-order valence-electron chi connectivity index (χ3n) is 9.62. The Bertz CT molecular complexity index is 1740. The summed E-state index contributed by atoms with van der Waals surface area (Å²) in [4.78, 5) is 29.5. The highest BCUT2D eigenvalue weighted by Gasteiger charge is 2.40. The van der Waals surface area contributed by atoms with Crippen LogP contribution in [0.1, 0.15) is 42.5 Å². The van der Waals surface area contributed by atoms with E-state index in [1.54, 1.807) is 4.90 Å². The van der Waals surface area contributed by atoms with Gasteiger partial charge in [0.15, 0.2) is 0 Å². The minimum Gasteiger partial charge on any atom is -0.455 e. The number of carbonyl (C=O) groups excluding carboxylic acids is 1. The molecule has 0 unspecified atom stereocenters. The highest BCUT2D eigenvalue weighted by Crippen LogP contribution is 2.38. The molecule has 2 aliphatic heterocycles. The number of ether oxygens (including phenoxy) is 2. The largest absolute Gasteiger partial charge is 0.455 e. The maximum atomic E-state index is 13.2. The Morgan fingerprint density at radius 3 is 2.57 bits per heavy atom. The number of nitriles is 1. The normalized spacial score (nSPS) is 18.8. The number of rotatable bonds is 8. The zero-order valence-electron chi connectivity index (χ0n) is 26.0. The van der Waals surface area contributed by atoms with Gasteiger partial charge >= 0.3 is 12.1 Å². The van der Waals surface area contributed by atoms with Crippen molar-refractivity contribution in [3.05, 3.63) is 89.6 Å². The maximum Gasteiger partial charge on any atom is 0.410 e. The van der Waals surface area contributed by atoms with Crippen LogP contribution in [0.3, 0.4) is 0 Å². The van der Waals surface area contributed by atoms with Gasteiger partial charge in [-0.15, -0.1) is 0 Å². The van der Waals surface area contributed by atoms with E-state index in [-0.39, 0.29) is 19.1 Å². The zero-order chi connectivity index (χ0) is 31.5. The molecule has 46 heavy (non-hydrogen) atoms. The summed E-state index contributed by atoms with van der Waals surface area (Å²) in [6.45, 7) is 3.49. The van der Waals surface area contributed by atoms with E-state index < -0.39 is 11.7 Å². The lowest BCUT2D eigenvalue weighted by atomic mass is 9.80. The van der Waals surface area contributed by atoms with Crippen molar-refractivity contribution >= 4 is 28.4 Å². The van der Waals surface area contributed by atoms with Crippen LogP contribution in [-0.4, -0.2) is 65.3 Å². The van der Waals surface area contributed by atoms with Crippen LogP contribution in [-0.2, 0) is 24.3 Å². The van der Waals surface area contributed by atoms with Crippen molar-refractivity contribution in [1.82, 2.24) is 14.9 Å². The number of amides is 1. The molecular formula is C36H39N7O3. The number of hydrogen-bond acceptors (Lipinski definition) is 9. The highest BCUT2D eigenvalue weighted by molar-refractivity contribution is 5.94. The number of benzene rings is 3. The van der Waals surface area contributed by atoms with Crippen LogP contribution in [0.2, 0.25) is 0 Å². The monoisotopic (exact) mass is 617 g/mol. The fourth-order valence-electron chi connectivity index (χ4n) is 6.87. The molecule has 1 amide bonds. The van der Waals surface area contributed by atoms with E-state index in [1.807, 2.05) is 30.3 Å². The van der Waals surface area contributed by atoms with Crippen LogP contribution in [0.5, 0.6) is 6.01 Å². The SMILES string of the molecule is N#CC[C@H]1CN(c2nc(OC3(CN)CCC3)nc3c2CCN(c2cccc4ccccc24)C3)CCN1C(=O)OCc1ccccc1. The first kappa shape index (κ1) is 29.8. The topological polar surface area (TPSA) is 121 Å². The van der Waals surface area contributed by atoms with Crippen molar-refractivity contribution in [3.8, 4) is 12.1 Å². The van der Waals surface area contributed by atoms with Crippen molar-refractivity contribution in [2.24, 2.45) is 5.73 Å². The first-order valence-corrected chi connectivity index (χ1v) is 16.2. The Kier molecular flexibility index (Phi) is 8.33. The number of anilines is 2. The molecule has 0 bridgehead atoms. The smallest absolute Gasteiger partial charge is 0.410 e. The summed E-state index contributed by atoms with van der Waals surface area (Å²) in [7, 11) is 0. The molecule has 0 spiro atoms. The predicted molar refractivity (Wildman–Crippen MR) is 177 cm³/mol. The van der Waals surface area contributed by atoms with Crippen molar-refractivity contribution in [2.45, 2.75) is 56.9 Å². The van der Waals surface area contributed by atoms with Gasteiger partial charge in [-0.3, -0.25) is 0 Å². The molecule has 4 aromatic rings. The van der Waals surface area contributed by atoms with Gasteiger partial charge in [0.05, 0.1) is 30.8 Å². The fraction of sp³-hybridized carbons (Fsp3) is 0.389. The van der Waals surface area contributed by atoms with E-state index in [9.17, 15) is 10.1 Å². The van der Waals surface area contributed by atoms with Crippen LogP contribution in [0.4, 0.5) is 16.3 Å². The second-order valence-corrected chi connectivity index (χ2v) is 12.5. The summed E-state index contributed by atoms with van der Waals surface area (Å²) in [6.07, 6.45) is 3.39. The van der Waals surface area contributed by atoms with Gasteiger partial charge in [-0.05, 0) is 42.7 Å². The second kappa shape index (κ2) is 12.9. The third-order valence-corrected chi connectivity index (χ3v) is 9.62. The molecule has 3 aromatic carbocycles. The molecule has 1 aliphatic carbocycles. The van der Waals surface area contributed by atoms with Crippen molar-refractivity contribution in [3.63, 3.8) is 0 Å². The van der Waals surface area contributed by atoms with Gasteiger partial charge < -0.3 is 29.9 Å². The molecule has 10 heteroatoms. The molecule has 10 nitrogen and oxygen atoms in total. The maximum absolute atomic E-state index is 13.2. The van der Waals surface area contributed by atoms with Crippen LogP contribution >= 0.6 is 0 Å². The number of aromatic nitrogens is 2. The molecule has 1 atom stereocenters. The lowest BCUT2D eigenvalue weighted by Crippen LogP contribution is -2.56. The Hall–Kier alpha value is -4.88. The van der Waals surface area contributed by atoms with Crippen LogP contribution in [0.25, 0.3) is 10.8 Å². The highest BCUT2D eigenvalue weighted by atomic mass is 16.6. The van der Waals surface area contributed by atoms with Crippen molar-refractivity contribution in [1.29, 1.82) is 5.26 Å². The molecule has 3 heterocycles. The van der Waals surface area contributed by atoms with Gasteiger partial charge in [0.25, 0.3) is 0 Å². The van der Waals surface area contributed by atoms with Crippen LogP contribution in [0, 0.1) is 11.3 Å². The molecule has 7 rings (SSSR count). The standard InChI is InChI=1S/C36H39N7O3/c37-18-14-28-22-42(20-21-43(28)35(44)45-24-26-8-2-1-3-9-26)33-30-15-19-41(32-13-6-11-27-10-4-5-12-29(27)32)23-31(30)39-34(40-33)46-36(25-38)16-7-17-36/h1-6,8-13,28H,7,14-17,19-25,38H2/t28-/m0/s1. The lowest BCUT2D eigenvalue weighted by Gasteiger charge is -2.43. The quantitative estimate of drug-likeness (QED) is 0.285. The van der Waals surface area contributed by atoms with E-state index in [0.717, 1.165) is 54.9 Å². The van der Waals surface area contributed by atoms with Crippen LogP contribution < -0.4 is 20.3 Å². The Labute approximate surface area is 269 Å². The predicted octanol–water partition coefficient (Wildman–Crippen LogP) is 5.19. The van der Waals surface area contributed by atoms with Gasteiger partial charge in [0.2, 0.25) is 0 Å². The van der Waals surface area contributed by atoms with Crippen LogP contribution in [0.15, 0.2) is 72.8 Å². The summed E-state index contributed by atoms with van der Waals surface area (Å²) < 4.78 is 12.1. The molecule has 0 radical (unpaired) electrons. The minimum atomic E-state index is -0.431. The molecular weight excluding hydrogens is 578 g/mol. The fourth-order valence-corrected chi connectivity index (χ4v) is 6.87. The van der Waals surface area contributed by atoms with E-state index >= 15 is 0 Å². The molecule has 1 aromatic heterocycles. The summed E-state index contributed by atoms with van der Waals surface area (Å²) in [6, 6.07) is 26.8. The van der Waals surface area contributed by atoms with Gasteiger partial charge in [-0.1, -0.05) is 66.7 Å². The molecule has 3 aliphatic rings. The van der Waals surface area contributed by atoms with Gasteiger partial charge in [0, 0.05) is 49.4 Å². The number of nitrogens with two attached hydrogens (primary N) is 1. The average Bonchev–Trinajstić information content (AvgIpc) is 3.08. The minimum absolute atomic E-state index is 0.190. The van der Waals surface area contributed by atoms with Crippen molar-refractivity contribution < 1.29 is 14.3 Å². The van der Waals surface area contributed by atoms with E-state index in [2.05, 4.69) is 58.3 Å². The molecule has 236 valence electrons. The van der Waals surface area contributed by atoms with E-state index in [0.29, 0.717) is 38.7 Å². The van der Waals surface area contributed by atoms with Gasteiger partial charge in [-0.2, -0.15) is 15.2 Å². The molecule has 2 fully saturated rings. The summed E-state index contributed by atoms with van der Waals surface area (Å²) in [5.74, 6) is 0.823. The van der Waals surface area contributed by atoms with Gasteiger partial charge in [0.1, 0.15) is 18.0 Å². The average molecular weight is 618 g/mol. The Morgan fingerprint density at radius 2 is 1.78 bits per heavy atom. The molecule has 2 N–H and O–H groups in total. The second-order valence-electron chi connectivity index (χ2n) is 12.5. The molecule has 1 saturated heterocycles. The van der Waals surface area contributed by atoms with Crippen molar-refractivity contribution in [2.75, 3.05) is 42.5 Å². The number of piperazine rings is 1. The summed E-state index contributed by atoms with van der Waals surface area (Å²) in [5.41, 5.74) is 9.87. The zero-order valence-corrected chi connectivity index (χ0v) is 26.0. The summed E-state index contributed by atoms with van der Waals surface area (Å²) in [5, 5.41) is 12.1. The third kappa shape index (κ3) is 5.90.